The SMILES string of the molecule is C=C1C=CC(=O)N1CC(=O)NC(C)C(=O)OCCCC(C)(C)C. The Morgan fingerprint density at radius 1 is 1.35 bits per heavy atom. The summed E-state index contributed by atoms with van der Waals surface area (Å²) in [5.41, 5.74) is 0.660. The van der Waals surface area contributed by atoms with Crippen LogP contribution in [-0.2, 0) is 19.1 Å². The first-order valence-electron chi connectivity index (χ1n) is 7.74. The fraction of sp³-hybridized carbons (Fsp3) is 0.588. The van der Waals surface area contributed by atoms with Gasteiger partial charge < -0.3 is 15.0 Å². The van der Waals surface area contributed by atoms with E-state index in [0.717, 1.165) is 12.8 Å². The van der Waals surface area contributed by atoms with E-state index >= 15 is 0 Å². The van der Waals surface area contributed by atoms with Crippen molar-refractivity contribution in [2.75, 3.05) is 13.2 Å². The highest BCUT2D eigenvalue weighted by molar-refractivity contribution is 5.96. The van der Waals surface area contributed by atoms with Crippen molar-refractivity contribution in [2.24, 2.45) is 5.41 Å². The summed E-state index contributed by atoms with van der Waals surface area (Å²) in [6, 6.07) is -0.754. The summed E-state index contributed by atoms with van der Waals surface area (Å²) < 4.78 is 5.15. The first-order valence-corrected chi connectivity index (χ1v) is 7.74. The minimum Gasteiger partial charge on any atom is -0.464 e. The van der Waals surface area contributed by atoms with Gasteiger partial charge in [0.2, 0.25) is 5.91 Å². The predicted octanol–water partition coefficient (Wildman–Crippen LogP) is 1.77. The molecule has 0 radical (unpaired) electrons. The van der Waals surface area contributed by atoms with Gasteiger partial charge in [-0.05, 0) is 31.3 Å². The number of hydrogen-bond acceptors (Lipinski definition) is 4. The quantitative estimate of drug-likeness (QED) is 0.572. The molecule has 1 N–H and O–H groups in total. The van der Waals surface area contributed by atoms with Gasteiger partial charge in [0.05, 0.1) is 6.61 Å². The summed E-state index contributed by atoms with van der Waals surface area (Å²) >= 11 is 0. The topological polar surface area (TPSA) is 75.7 Å². The molecule has 0 aromatic rings. The lowest BCUT2D eigenvalue weighted by molar-refractivity contribution is -0.147. The zero-order valence-corrected chi connectivity index (χ0v) is 14.3. The van der Waals surface area contributed by atoms with Crippen molar-refractivity contribution < 1.29 is 19.1 Å². The number of allylic oxidation sites excluding steroid dienone is 1. The highest BCUT2D eigenvalue weighted by Gasteiger charge is 2.24. The van der Waals surface area contributed by atoms with Gasteiger partial charge in [-0.3, -0.25) is 9.59 Å². The van der Waals surface area contributed by atoms with Crippen molar-refractivity contribution in [1.29, 1.82) is 0 Å². The van der Waals surface area contributed by atoms with Crippen molar-refractivity contribution in [3.8, 4) is 0 Å². The van der Waals surface area contributed by atoms with E-state index in [9.17, 15) is 14.4 Å². The summed E-state index contributed by atoms with van der Waals surface area (Å²) in [6.45, 7) is 11.8. The Kier molecular flexibility index (Phi) is 6.54. The molecule has 0 aliphatic carbocycles. The zero-order valence-electron chi connectivity index (χ0n) is 14.3. The summed E-state index contributed by atoms with van der Waals surface area (Å²) in [4.78, 5) is 36.5. The second-order valence-corrected chi connectivity index (χ2v) is 6.87. The number of ether oxygens (including phenoxy) is 1. The van der Waals surface area contributed by atoms with E-state index in [1.807, 2.05) is 0 Å². The molecule has 1 rings (SSSR count). The number of carbonyl (C=O) groups is 3. The van der Waals surface area contributed by atoms with E-state index in [1.54, 1.807) is 13.0 Å². The number of rotatable bonds is 7. The van der Waals surface area contributed by atoms with Crippen LogP contribution < -0.4 is 5.32 Å². The average molecular weight is 322 g/mol. The maximum atomic E-state index is 11.9. The Labute approximate surface area is 137 Å². The molecule has 2 amide bonds. The van der Waals surface area contributed by atoms with Gasteiger partial charge >= 0.3 is 5.97 Å². The van der Waals surface area contributed by atoms with E-state index in [1.165, 1.54) is 11.0 Å². The second kappa shape index (κ2) is 7.94. The van der Waals surface area contributed by atoms with Crippen LogP contribution in [0.4, 0.5) is 0 Å². The Bertz CT molecular complexity index is 499. The monoisotopic (exact) mass is 322 g/mol. The minimum atomic E-state index is -0.754. The van der Waals surface area contributed by atoms with E-state index in [4.69, 9.17) is 4.74 Å². The zero-order chi connectivity index (χ0) is 17.6. The lowest BCUT2D eigenvalue weighted by Gasteiger charge is -2.20. The molecule has 0 aromatic heterocycles. The van der Waals surface area contributed by atoms with Gasteiger partial charge in [-0.2, -0.15) is 0 Å². The average Bonchev–Trinajstić information content (AvgIpc) is 2.74. The maximum absolute atomic E-state index is 11.9. The van der Waals surface area contributed by atoms with Crippen molar-refractivity contribution in [3.63, 3.8) is 0 Å². The second-order valence-electron chi connectivity index (χ2n) is 6.87. The van der Waals surface area contributed by atoms with Gasteiger partial charge in [0.15, 0.2) is 0 Å². The van der Waals surface area contributed by atoms with Crippen LogP contribution >= 0.6 is 0 Å². The van der Waals surface area contributed by atoms with E-state index < -0.39 is 17.9 Å². The van der Waals surface area contributed by atoms with Gasteiger partial charge in [-0.25, -0.2) is 4.79 Å². The van der Waals surface area contributed by atoms with Crippen LogP contribution in [0.15, 0.2) is 24.4 Å². The van der Waals surface area contributed by atoms with Crippen LogP contribution in [0, 0.1) is 5.41 Å². The highest BCUT2D eigenvalue weighted by Crippen LogP contribution is 2.20. The lowest BCUT2D eigenvalue weighted by atomic mass is 9.91. The van der Waals surface area contributed by atoms with Gasteiger partial charge in [0.1, 0.15) is 12.6 Å². The number of nitrogens with one attached hydrogen (secondary N) is 1. The molecule has 6 heteroatoms. The van der Waals surface area contributed by atoms with Crippen molar-refractivity contribution in [1.82, 2.24) is 10.2 Å². The van der Waals surface area contributed by atoms with Crippen LogP contribution in [0.3, 0.4) is 0 Å². The molecule has 1 aliphatic heterocycles. The molecule has 0 spiro atoms. The molecule has 23 heavy (non-hydrogen) atoms. The van der Waals surface area contributed by atoms with Gasteiger partial charge in [-0.15, -0.1) is 0 Å². The first-order chi connectivity index (χ1) is 10.6. The molecular weight excluding hydrogens is 296 g/mol. The third-order valence-corrected chi connectivity index (χ3v) is 3.38. The number of carbonyl (C=O) groups excluding carboxylic acids is 3. The highest BCUT2D eigenvalue weighted by atomic mass is 16.5. The van der Waals surface area contributed by atoms with E-state index in [0.29, 0.717) is 12.3 Å². The molecule has 0 saturated heterocycles. The molecule has 0 fully saturated rings. The summed E-state index contributed by atoms with van der Waals surface area (Å²) in [7, 11) is 0. The van der Waals surface area contributed by atoms with Crippen molar-refractivity contribution >= 4 is 17.8 Å². The molecule has 6 nitrogen and oxygen atoms in total. The third-order valence-electron chi connectivity index (χ3n) is 3.38. The first kappa shape index (κ1) is 18.9. The van der Waals surface area contributed by atoms with Gasteiger partial charge in [0, 0.05) is 11.8 Å². The fourth-order valence-corrected chi connectivity index (χ4v) is 2.06. The van der Waals surface area contributed by atoms with Gasteiger partial charge in [0.25, 0.3) is 5.91 Å². The normalized spacial score (nSPS) is 15.7. The van der Waals surface area contributed by atoms with Crippen LogP contribution in [0.1, 0.15) is 40.5 Å². The maximum Gasteiger partial charge on any atom is 0.328 e. The van der Waals surface area contributed by atoms with Gasteiger partial charge in [-0.1, -0.05) is 27.4 Å². The van der Waals surface area contributed by atoms with Crippen LogP contribution in [-0.4, -0.2) is 41.9 Å². The van der Waals surface area contributed by atoms with E-state index in [2.05, 4.69) is 32.7 Å². The molecule has 1 atom stereocenters. The van der Waals surface area contributed by atoms with Crippen LogP contribution in [0.25, 0.3) is 0 Å². The number of esters is 1. The number of hydrogen-bond donors (Lipinski definition) is 1. The molecule has 1 aliphatic rings. The van der Waals surface area contributed by atoms with Crippen molar-refractivity contribution in [2.45, 2.75) is 46.6 Å². The summed E-state index contributed by atoms with van der Waals surface area (Å²) in [5.74, 6) is -1.19. The van der Waals surface area contributed by atoms with Crippen LogP contribution in [0.5, 0.6) is 0 Å². The number of amides is 2. The Hall–Kier alpha value is -2.11. The predicted molar refractivity (Wildman–Crippen MR) is 87.2 cm³/mol. The summed E-state index contributed by atoms with van der Waals surface area (Å²) in [6.07, 6.45) is 4.63. The largest absolute Gasteiger partial charge is 0.464 e. The molecule has 1 heterocycles. The standard InChI is InChI=1S/C17H26N2O4/c1-12-7-8-15(21)19(12)11-14(20)18-13(2)16(22)23-10-6-9-17(3,4)5/h7-8,13H,1,6,9-11H2,2-5H3,(H,18,20). The number of nitrogens with zero attached hydrogens (tertiary/aromatic N) is 1. The Balaban J connectivity index is 2.30. The summed E-state index contributed by atoms with van der Waals surface area (Å²) in [5, 5.41) is 2.53. The molecular formula is C17H26N2O4. The molecule has 128 valence electrons. The van der Waals surface area contributed by atoms with Crippen LogP contribution in [0.2, 0.25) is 0 Å². The smallest absolute Gasteiger partial charge is 0.328 e. The van der Waals surface area contributed by atoms with Crippen molar-refractivity contribution in [3.05, 3.63) is 24.4 Å². The third kappa shape index (κ3) is 6.67. The minimum absolute atomic E-state index is 0.160. The Morgan fingerprint density at radius 2 is 2.00 bits per heavy atom. The van der Waals surface area contributed by atoms with E-state index in [-0.39, 0.29) is 17.9 Å². The molecule has 0 aromatic carbocycles. The fourth-order valence-electron chi connectivity index (χ4n) is 2.06. The molecule has 1 unspecified atom stereocenters. The Morgan fingerprint density at radius 3 is 2.52 bits per heavy atom. The lowest BCUT2D eigenvalue weighted by Crippen LogP contribution is -2.44. The molecule has 0 saturated carbocycles. The molecule has 0 bridgehead atoms.